The van der Waals surface area contributed by atoms with Crippen molar-refractivity contribution in [2.24, 2.45) is 0 Å². The van der Waals surface area contributed by atoms with Gasteiger partial charge in [-0.2, -0.15) is 0 Å². The van der Waals surface area contributed by atoms with Gasteiger partial charge in [-0.3, -0.25) is 9.59 Å². The number of benzene rings is 2. The lowest BCUT2D eigenvalue weighted by atomic mass is 10.2. The van der Waals surface area contributed by atoms with Gasteiger partial charge in [0, 0.05) is 17.3 Å². The molecule has 2 heterocycles. The number of rotatable bonds is 6. The first-order valence-corrected chi connectivity index (χ1v) is 10.9. The summed E-state index contributed by atoms with van der Waals surface area (Å²) in [7, 11) is 0. The van der Waals surface area contributed by atoms with Crippen LogP contribution in [0.5, 0.6) is 0 Å². The quantitative estimate of drug-likeness (QED) is 0.479. The monoisotopic (exact) mass is 431 g/mol. The average Bonchev–Trinajstić information content (AvgIpc) is 2.77. The maximum Gasteiger partial charge on any atom is 0.258 e. The zero-order chi connectivity index (χ0) is 21.8. The van der Waals surface area contributed by atoms with E-state index >= 15 is 0 Å². The smallest absolute Gasteiger partial charge is 0.258 e. The van der Waals surface area contributed by atoms with Gasteiger partial charge in [-0.1, -0.05) is 42.5 Å². The molecule has 156 valence electrons. The molecular formula is C23H21N5O2S. The summed E-state index contributed by atoms with van der Waals surface area (Å²) in [6.45, 7) is 3.68. The molecule has 1 unspecified atom stereocenters. The van der Waals surface area contributed by atoms with Gasteiger partial charge in [0.2, 0.25) is 5.91 Å². The molecule has 0 saturated carbocycles. The molecule has 7 nitrogen and oxygen atoms in total. The summed E-state index contributed by atoms with van der Waals surface area (Å²) in [5.74, 6) is 1.80. The largest absolute Gasteiger partial charge is 0.310 e. The van der Waals surface area contributed by atoms with Crippen LogP contribution in [0.15, 0.2) is 65.5 Å². The van der Waals surface area contributed by atoms with Gasteiger partial charge in [-0.25, -0.2) is 15.0 Å². The number of para-hydroxylation sites is 1. The van der Waals surface area contributed by atoms with E-state index in [0.29, 0.717) is 34.1 Å². The van der Waals surface area contributed by atoms with E-state index in [0.717, 1.165) is 11.3 Å². The third kappa shape index (κ3) is 4.97. The molecule has 4 aromatic rings. The standard InChI is InChI=1S/C23H21N5O2S/c1-14-12-19(26-21(24-14)16-8-4-3-5-9-16)27-22(29)15(2)31-13-20-25-18-11-7-6-10-17(18)23(30)28-20/h3-12,15H,13H2,1-2H3,(H,25,28,30)(H,24,26,27,29). The van der Waals surface area contributed by atoms with E-state index in [4.69, 9.17) is 0 Å². The Morgan fingerprint density at radius 2 is 1.81 bits per heavy atom. The van der Waals surface area contributed by atoms with Crippen LogP contribution in [0.4, 0.5) is 5.82 Å². The van der Waals surface area contributed by atoms with Crippen LogP contribution in [0.2, 0.25) is 0 Å². The highest BCUT2D eigenvalue weighted by Gasteiger charge is 2.16. The first-order chi connectivity index (χ1) is 15.0. The van der Waals surface area contributed by atoms with Gasteiger partial charge in [-0.05, 0) is 26.0 Å². The summed E-state index contributed by atoms with van der Waals surface area (Å²) >= 11 is 1.39. The molecule has 0 fully saturated rings. The number of anilines is 1. The lowest BCUT2D eigenvalue weighted by Crippen LogP contribution is -2.24. The van der Waals surface area contributed by atoms with Gasteiger partial charge >= 0.3 is 0 Å². The number of hydrogen-bond donors (Lipinski definition) is 2. The summed E-state index contributed by atoms with van der Waals surface area (Å²) in [6.07, 6.45) is 0. The molecule has 1 atom stereocenters. The van der Waals surface area contributed by atoms with E-state index in [1.807, 2.05) is 50.2 Å². The normalized spacial score (nSPS) is 11.9. The van der Waals surface area contributed by atoms with Crippen molar-refractivity contribution in [1.29, 1.82) is 0 Å². The van der Waals surface area contributed by atoms with Crippen molar-refractivity contribution in [3.05, 3.63) is 82.5 Å². The number of carbonyl (C=O) groups is 1. The van der Waals surface area contributed by atoms with Crippen molar-refractivity contribution in [2.75, 3.05) is 5.32 Å². The van der Waals surface area contributed by atoms with Gasteiger partial charge in [0.05, 0.1) is 21.9 Å². The van der Waals surface area contributed by atoms with Crippen LogP contribution in [0.1, 0.15) is 18.4 Å². The van der Waals surface area contributed by atoms with E-state index in [9.17, 15) is 9.59 Å². The Labute approximate surface area is 183 Å². The highest BCUT2D eigenvalue weighted by molar-refractivity contribution is 7.99. The van der Waals surface area contributed by atoms with Crippen molar-refractivity contribution in [3.8, 4) is 11.4 Å². The van der Waals surface area contributed by atoms with E-state index in [1.165, 1.54) is 11.8 Å². The molecule has 0 aliphatic carbocycles. The van der Waals surface area contributed by atoms with Crippen LogP contribution in [0.3, 0.4) is 0 Å². The molecule has 0 aliphatic rings. The Kier molecular flexibility index (Phi) is 6.08. The maximum atomic E-state index is 12.7. The maximum absolute atomic E-state index is 12.7. The number of H-pyrrole nitrogens is 1. The molecule has 2 aromatic heterocycles. The number of carbonyl (C=O) groups excluding carboxylic acids is 1. The molecule has 4 rings (SSSR count). The van der Waals surface area contributed by atoms with Gasteiger partial charge in [0.15, 0.2) is 5.82 Å². The number of aromatic nitrogens is 4. The molecule has 8 heteroatoms. The third-order valence-corrected chi connectivity index (χ3v) is 5.79. The van der Waals surface area contributed by atoms with Crippen molar-refractivity contribution < 1.29 is 4.79 Å². The summed E-state index contributed by atoms with van der Waals surface area (Å²) < 4.78 is 0. The van der Waals surface area contributed by atoms with Crippen LogP contribution >= 0.6 is 11.8 Å². The predicted octanol–water partition coefficient (Wildman–Crippen LogP) is 3.95. The van der Waals surface area contributed by atoms with Crippen LogP contribution in [0, 0.1) is 6.92 Å². The number of thioether (sulfide) groups is 1. The van der Waals surface area contributed by atoms with Gasteiger partial charge in [0.25, 0.3) is 5.56 Å². The highest BCUT2D eigenvalue weighted by atomic mass is 32.2. The van der Waals surface area contributed by atoms with Crippen LogP contribution in [-0.2, 0) is 10.5 Å². The van der Waals surface area contributed by atoms with Crippen molar-refractivity contribution in [1.82, 2.24) is 19.9 Å². The fourth-order valence-corrected chi connectivity index (χ4v) is 3.81. The second-order valence-electron chi connectivity index (χ2n) is 7.06. The molecular weight excluding hydrogens is 410 g/mol. The first-order valence-electron chi connectivity index (χ1n) is 9.81. The minimum absolute atomic E-state index is 0.176. The van der Waals surface area contributed by atoms with Gasteiger partial charge in [0.1, 0.15) is 11.6 Å². The van der Waals surface area contributed by atoms with Crippen molar-refractivity contribution in [2.45, 2.75) is 24.9 Å². The molecule has 2 N–H and O–H groups in total. The summed E-state index contributed by atoms with van der Waals surface area (Å²) in [4.78, 5) is 41.1. The summed E-state index contributed by atoms with van der Waals surface area (Å²) in [6, 6.07) is 18.5. The lowest BCUT2D eigenvalue weighted by molar-refractivity contribution is -0.115. The van der Waals surface area contributed by atoms with E-state index in [1.54, 1.807) is 24.3 Å². The molecule has 0 spiro atoms. The second-order valence-corrected chi connectivity index (χ2v) is 8.39. The summed E-state index contributed by atoms with van der Waals surface area (Å²) in [5, 5.41) is 3.05. The lowest BCUT2D eigenvalue weighted by Gasteiger charge is -2.12. The van der Waals surface area contributed by atoms with Crippen LogP contribution in [-0.4, -0.2) is 31.1 Å². The van der Waals surface area contributed by atoms with Crippen LogP contribution < -0.4 is 10.9 Å². The highest BCUT2D eigenvalue weighted by Crippen LogP contribution is 2.20. The van der Waals surface area contributed by atoms with Crippen molar-refractivity contribution >= 4 is 34.4 Å². The first kappa shape index (κ1) is 20.7. The Morgan fingerprint density at radius 3 is 2.61 bits per heavy atom. The van der Waals surface area contributed by atoms with E-state index < -0.39 is 0 Å². The van der Waals surface area contributed by atoms with Crippen molar-refractivity contribution in [3.63, 3.8) is 0 Å². The molecule has 31 heavy (non-hydrogen) atoms. The molecule has 0 bridgehead atoms. The molecule has 2 aromatic carbocycles. The van der Waals surface area contributed by atoms with Crippen LogP contribution in [0.25, 0.3) is 22.3 Å². The number of nitrogens with one attached hydrogen (secondary N) is 2. The number of aryl methyl sites for hydroxylation is 1. The zero-order valence-corrected chi connectivity index (χ0v) is 17.9. The minimum Gasteiger partial charge on any atom is -0.310 e. The Balaban J connectivity index is 1.43. The fourth-order valence-electron chi connectivity index (χ4n) is 3.06. The zero-order valence-electron chi connectivity index (χ0n) is 17.1. The molecule has 0 radical (unpaired) electrons. The number of fused-ring (bicyclic) bond motifs is 1. The molecule has 1 amide bonds. The molecule has 0 saturated heterocycles. The number of hydrogen-bond acceptors (Lipinski definition) is 6. The molecule has 0 aliphatic heterocycles. The van der Waals surface area contributed by atoms with Gasteiger partial charge < -0.3 is 10.3 Å². The number of aromatic amines is 1. The van der Waals surface area contributed by atoms with E-state index in [2.05, 4.69) is 25.3 Å². The topological polar surface area (TPSA) is 101 Å². The number of nitrogens with zero attached hydrogens (tertiary/aromatic N) is 3. The SMILES string of the molecule is Cc1cc(NC(=O)C(C)SCc2nc3ccccc3c(=O)[nH]2)nc(-c2ccccc2)n1. The van der Waals surface area contributed by atoms with Gasteiger partial charge in [-0.15, -0.1) is 11.8 Å². The fraction of sp³-hybridized carbons (Fsp3) is 0.174. The van der Waals surface area contributed by atoms with E-state index in [-0.39, 0.29) is 16.7 Å². The Morgan fingerprint density at radius 1 is 1.06 bits per heavy atom. The predicted molar refractivity (Wildman–Crippen MR) is 124 cm³/mol. The second kappa shape index (κ2) is 9.09. The third-order valence-electron chi connectivity index (χ3n) is 4.64. The average molecular weight is 432 g/mol. The number of amides is 1. The minimum atomic E-state index is -0.368. The Hall–Kier alpha value is -3.52. The Bertz CT molecular complexity index is 1290. The summed E-state index contributed by atoms with van der Waals surface area (Å²) in [5.41, 5.74) is 2.12.